The second-order valence-electron chi connectivity index (χ2n) is 19.1. The van der Waals surface area contributed by atoms with Gasteiger partial charge in [-0.2, -0.15) is 0 Å². The summed E-state index contributed by atoms with van der Waals surface area (Å²) in [6.45, 7) is 0. The zero-order chi connectivity index (χ0) is 43.2. The highest BCUT2D eigenvalue weighted by Gasteiger charge is 2.33. The topological polar surface area (TPSA) is 0 Å². The molecule has 0 unspecified atom stereocenters. The molecule has 7 rings (SSSR count). The summed E-state index contributed by atoms with van der Waals surface area (Å²) in [5.41, 5.74) is 40.1. The Balaban J connectivity index is 1.85. The van der Waals surface area contributed by atoms with Crippen molar-refractivity contribution in [2.75, 3.05) is 0 Å². The molecule has 0 N–H and O–H groups in total. The van der Waals surface area contributed by atoms with Crippen molar-refractivity contribution in [1.82, 2.24) is 0 Å². The van der Waals surface area contributed by atoms with Gasteiger partial charge in [0.25, 0.3) is 0 Å². The number of fused-ring (bicyclic) bond motifs is 3. The Bertz CT molecular complexity index is 2930. The lowest BCUT2D eigenvalue weighted by Crippen LogP contribution is -2.63. The number of hydrogen-bond donors (Lipinski definition) is 0. The molecule has 6 aromatic rings. The molecule has 6 aromatic carbocycles. The van der Waals surface area contributed by atoms with Gasteiger partial charge in [0.1, 0.15) is 180 Å². The van der Waals surface area contributed by atoms with E-state index in [9.17, 15) is 0 Å². The Hall–Kier alpha value is -2.93. The van der Waals surface area contributed by atoms with Gasteiger partial charge in [-0.15, -0.1) is 54.6 Å². The molecule has 0 fully saturated rings. The van der Waals surface area contributed by atoms with Crippen LogP contribution in [0.5, 0.6) is 0 Å². The van der Waals surface area contributed by atoms with E-state index in [1.165, 1.54) is 185 Å². The molecule has 1 aliphatic rings. The second-order valence-corrected chi connectivity index (χ2v) is 19.1. The van der Waals surface area contributed by atoms with E-state index in [0.29, 0.717) is 0 Å². The van der Waals surface area contributed by atoms with Crippen molar-refractivity contribution in [2.24, 2.45) is 0 Å². The minimum absolute atomic E-state index is 0.189. The van der Waals surface area contributed by atoms with Crippen LogP contribution >= 0.6 is 0 Å². The summed E-state index contributed by atoms with van der Waals surface area (Å²) >= 11 is 0. The fraction of sp³-hybridized carbons (Fsp3) is 0.0286. The standard InChI is InChI=1S/C35H47B23/c36-13-7(14(37)10-9(13)22(45)31(54)32(55)23(10)46)1-3-5(18(41)29(52)27(50)16(3)39)2(6-4(1)17(40)28(51)30(53)19(6)42)8-15(38)11(21(44)26(49)20(8)43)12-24(47)33(56)35(58)34(57)25(12)48/h7H,36-58H2. The summed E-state index contributed by atoms with van der Waals surface area (Å²) in [5, 5.41) is 8.84. The summed E-state index contributed by atoms with van der Waals surface area (Å²) < 4.78 is 0. The highest BCUT2D eigenvalue weighted by Crippen LogP contribution is 2.42. The van der Waals surface area contributed by atoms with Crippen molar-refractivity contribution in [3.8, 4) is 22.3 Å². The van der Waals surface area contributed by atoms with Crippen LogP contribution in [0.2, 0.25) is 0 Å². The molecule has 58 heavy (non-hydrogen) atoms. The third-order valence-corrected chi connectivity index (χ3v) is 17.2. The first-order valence-corrected chi connectivity index (χ1v) is 21.9. The van der Waals surface area contributed by atoms with Crippen molar-refractivity contribution < 1.29 is 0 Å². The van der Waals surface area contributed by atoms with Gasteiger partial charge in [-0.1, -0.05) is 71.0 Å². The van der Waals surface area contributed by atoms with Crippen LogP contribution in [0.4, 0.5) is 0 Å². The molecule has 0 bridgehead atoms. The van der Waals surface area contributed by atoms with Gasteiger partial charge in [0.15, 0.2) is 0 Å². The number of rotatable bonds is 3. The Kier molecular flexibility index (Phi) is 10.9. The van der Waals surface area contributed by atoms with Crippen molar-refractivity contribution >= 4 is 328 Å². The van der Waals surface area contributed by atoms with E-state index in [-0.39, 0.29) is 5.92 Å². The Morgan fingerprint density at radius 1 is 0.190 bits per heavy atom. The van der Waals surface area contributed by atoms with Crippen molar-refractivity contribution in [2.45, 2.75) is 5.92 Å². The SMILES string of the molecule is BC1=c2c(B)c(B)c(B)c(B)c2=C(B)C1c1c2c(B)c(B)c(B)c(B)c2c(-c2c(B)c(B)c(B)c(-c3c(B)c(B)c(B)c(B)c3B)c2B)c2c(B)c(B)c(B)c(B)c12. The Morgan fingerprint density at radius 2 is 0.414 bits per heavy atom. The van der Waals surface area contributed by atoms with Gasteiger partial charge in [-0.05, 0) is 59.8 Å². The zero-order valence-electron chi connectivity index (χ0n) is 40.6. The summed E-state index contributed by atoms with van der Waals surface area (Å²) in [7, 11) is 54.8. The summed E-state index contributed by atoms with van der Waals surface area (Å²) in [5.74, 6) is 0.189. The lowest BCUT2D eigenvalue weighted by Gasteiger charge is -2.33. The molecule has 1 aliphatic carbocycles. The second kappa shape index (κ2) is 14.6. The molecule has 0 amide bonds. The monoisotopic (exact) mass is 721 g/mol. The van der Waals surface area contributed by atoms with Gasteiger partial charge in [-0.25, -0.2) is 0 Å². The average molecular weight is 716 g/mol. The Morgan fingerprint density at radius 3 is 0.759 bits per heavy atom. The summed E-state index contributed by atoms with van der Waals surface area (Å²) in [6.07, 6.45) is 0. The van der Waals surface area contributed by atoms with Gasteiger partial charge in [0, 0.05) is 5.92 Å². The number of benzene rings is 6. The molecule has 0 saturated carbocycles. The quantitative estimate of drug-likeness (QED) is 0.126. The lowest BCUT2D eigenvalue weighted by molar-refractivity contribution is 1.25. The van der Waals surface area contributed by atoms with E-state index in [4.69, 9.17) is 0 Å². The maximum atomic E-state index is 2.46. The highest BCUT2D eigenvalue weighted by atomic mass is 14.3. The highest BCUT2D eigenvalue weighted by molar-refractivity contribution is 6.74. The molecule has 0 radical (unpaired) electrons. The molecule has 0 aliphatic heterocycles. The minimum atomic E-state index is 0.189. The number of hydrogen-bond acceptors (Lipinski definition) is 0. The van der Waals surface area contributed by atoms with Crippen molar-refractivity contribution in [3.05, 3.63) is 16.0 Å². The van der Waals surface area contributed by atoms with Crippen LogP contribution < -0.4 is 125 Å². The zero-order valence-corrected chi connectivity index (χ0v) is 40.6. The molecule has 23 heteroatoms. The molecular formula is C35H47B23. The Labute approximate surface area is 369 Å². The van der Waals surface area contributed by atoms with Crippen LogP contribution in [0.3, 0.4) is 0 Å². The molecule has 0 spiro atoms. The third kappa shape index (κ3) is 5.55. The average Bonchev–Trinajstić information content (AvgIpc) is 3.45. The normalized spacial score (nSPS) is 12.9. The predicted octanol–water partition coefficient (Wildman–Crippen LogP) is -31.0. The van der Waals surface area contributed by atoms with Crippen LogP contribution in [0.1, 0.15) is 11.5 Å². The maximum absolute atomic E-state index is 2.46. The van der Waals surface area contributed by atoms with Crippen LogP contribution in [0.15, 0.2) is 0 Å². The van der Waals surface area contributed by atoms with Gasteiger partial charge >= 0.3 is 0 Å². The largest absolute Gasteiger partial charge is 0.140 e. The first-order chi connectivity index (χ1) is 26.9. The summed E-state index contributed by atoms with van der Waals surface area (Å²) in [6, 6.07) is 0. The molecular weight excluding hydrogens is 669 g/mol. The predicted molar refractivity (Wildman–Crippen MR) is 336 cm³/mol. The molecule has 0 heterocycles. The van der Waals surface area contributed by atoms with E-state index >= 15 is 0 Å². The van der Waals surface area contributed by atoms with Gasteiger partial charge in [0.05, 0.1) is 0 Å². The van der Waals surface area contributed by atoms with Crippen molar-refractivity contribution in [3.63, 3.8) is 0 Å². The first kappa shape index (κ1) is 43.2. The van der Waals surface area contributed by atoms with Gasteiger partial charge < -0.3 is 0 Å². The van der Waals surface area contributed by atoms with E-state index in [0.717, 1.165) is 0 Å². The van der Waals surface area contributed by atoms with Crippen LogP contribution in [-0.4, -0.2) is 180 Å². The van der Waals surface area contributed by atoms with E-state index in [1.54, 1.807) is 0 Å². The van der Waals surface area contributed by atoms with Crippen LogP contribution in [0.25, 0.3) is 54.7 Å². The maximum Gasteiger partial charge on any atom is 0.140 e. The van der Waals surface area contributed by atoms with Crippen LogP contribution in [0, 0.1) is 0 Å². The van der Waals surface area contributed by atoms with E-state index in [2.05, 4.69) is 180 Å². The molecule has 0 aromatic heterocycles. The fourth-order valence-electron chi connectivity index (χ4n) is 12.0. The lowest BCUT2D eigenvalue weighted by atomic mass is 9.54. The van der Waals surface area contributed by atoms with Gasteiger partial charge in [-0.3, -0.25) is 0 Å². The third-order valence-electron chi connectivity index (χ3n) is 17.2. The molecule has 0 atom stereocenters. The van der Waals surface area contributed by atoms with E-state index in [1.807, 2.05) is 0 Å². The molecule has 0 saturated heterocycles. The smallest absolute Gasteiger partial charge is 0.102 e. The fourth-order valence-corrected chi connectivity index (χ4v) is 12.0. The molecule has 256 valence electrons. The molecule has 0 nitrogen and oxygen atoms in total. The van der Waals surface area contributed by atoms with Crippen molar-refractivity contribution in [1.29, 1.82) is 0 Å². The van der Waals surface area contributed by atoms with Crippen LogP contribution in [-0.2, 0) is 0 Å². The minimum Gasteiger partial charge on any atom is -0.102 e. The van der Waals surface area contributed by atoms with E-state index < -0.39 is 0 Å². The summed E-state index contributed by atoms with van der Waals surface area (Å²) in [4.78, 5) is 0. The van der Waals surface area contributed by atoms with Gasteiger partial charge in [0.2, 0.25) is 0 Å². The first-order valence-electron chi connectivity index (χ1n) is 21.9.